The number of hydrogen-bond acceptors (Lipinski definition) is 4. The Hall–Kier alpha value is -2.41. The van der Waals surface area contributed by atoms with E-state index in [1.807, 2.05) is 4.90 Å². The number of unbranched alkanes of at least 4 members (excludes halogenated alkanes) is 8. The fourth-order valence-electron chi connectivity index (χ4n) is 4.62. The number of amides is 3. The molecule has 0 saturated carbocycles. The Morgan fingerprint density at radius 2 is 1.00 bits per heavy atom. The normalized spacial score (nSPS) is 14.7. The lowest BCUT2D eigenvalue weighted by Crippen LogP contribution is -2.33. The highest BCUT2D eigenvalue weighted by Gasteiger charge is 2.16. The molecule has 1 heterocycles. The lowest BCUT2D eigenvalue weighted by molar-refractivity contribution is -0.118. The van der Waals surface area contributed by atoms with Crippen LogP contribution < -0.4 is 17.2 Å². The van der Waals surface area contributed by atoms with E-state index in [4.69, 9.17) is 17.2 Å². The van der Waals surface area contributed by atoms with Crippen molar-refractivity contribution in [1.29, 1.82) is 0 Å². The van der Waals surface area contributed by atoms with Crippen molar-refractivity contribution < 1.29 is 14.4 Å². The van der Waals surface area contributed by atoms with Crippen LogP contribution in [0.2, 0.25) is 0 Å². The summed E-state index contributed by atoms with van der Waals surface area (Å²) in [5.41, 5.74) is 16.8. The predicted molar refractivity (Wildman–Crippen MR) is 152 cm³/mol. The Morgan fingerprint density at radius 3 is 1.43 bits per heavy atom. The summed E-state index contributed by atoms with van der Waals surface area (Å²) in [5.74, 6) is -0.568. The Balaban J connectivity index is 0.000000401. The van der Waals surface area contributed by atoms with Crippen LogP contribution in [0, 0.1) is 0 Å². The van der Waals surface area contributed by atoms with Crippen molar-refractivity contribution in [3.8, 4) is 0 Å². The van der Waals surface area contributed by atoms with Crippen LogP contribution in [0.4, 0.5) is 0 Å². The monoisotopic (exact) mass is 516 g/mol. The van der Waals surface area contributed by atoms with Gasteiger partial charge in [-0.1, -0.05) is 83.5 Å². The van der Waals surface area contributed by atoms with E-state index in [0.717, 1.165) is 45.3 Å². The molecule has 7 heteroatoms. The molecular formula is C30H52N4O3. The smallest absolute Gasteiger partial charge is 0.253 e. The Bertz CT molecular complexity index is 740. The zero-order chi connectivity index (χ0) is 27.1. The summed E-state index contributed by atoms with van der Waals surface area (Å²) in [4.78, 5) is 36.1. The topological polar surface area (TPSA) is 133 Å². The van der Waals surface area contributed by atoms with Gasteiger partial charge in [0.05, 0.1) is 0 Å². The van der Waals surface area contributed by atoms with E-state index in [-0.39, 0.29) is 11.8 Å². The van der Waals surface area contributed by atoms with Crippen LogP contribution in [-0.2, 0) is 4.79 Å². The summed E-state index contributed by atoms with van der Waals surface area (Å²) in [6.45, 7) is 2.49. The van der Waals surface area contributed by atoms with Crippen molar-refractivity contribution in [2.24, 2.45) is 17.2 Å². The minimum atomic E-state index is -0.464. The summed E-state index contributed by atoms with van der Waals surface area (Å²) < 4.78 is 0. The molecule has 0 aromatic heterocycles. The van der Waals surface area contributed by atoms with Gasteiger partial charge < -0.3 is 22.1 Å². The lowest BCUT2D eigenvalue weighted by atomic mass is 10.1. The first-order chi connectivity index (χ1) is 18.0. The molecule has 1 aliphatic rings. The zero-order valence-corrected chi connectivity index (χ0v) is 23.1. The average molecular weight is 517 g/mol. The molecule has 0 atom stereocenters. The van der Waals surface area contributed by atoms with Crippen molar-refractivity contribution in [1.82, 2.24) is 4.90 Å². The van der Waals surface area contributed by atoms with Gasteiger partial charge in [-0.05, 0) is 56.5 Å². The fraction of sp³-hybridized carbons (Fsp3) is 0.700. The molecule has 1 saturated heterocycles. The van der Waals surface area contributed by atoms with Gasteiger partial charge >= 0.3 is 0 Å². The first kappa shape index (κ1) is 32.6. The highest BCUT2D eigenvalue weighted by Crippen LogP contribution is 2.15. The largest absolute Gasteiger partial charge is 0.370 e. The third-order valence-corrected chi connectivity index (χ3v) is 6.94. The fourth-order valence-corrected chi connectivity index (χ4v) is 4.62. The van der Waals surface area contributed by atoms with Crippen LogP contribution in [-0.4, -0.2) is 42.3 Å². The number of primary amides is 2. The lowest BCUT2D eigenvalue weighted by Gasteiger charge is -2.22. The van der Waals surface area contributed by atoms with Gasteiger partial charge in [-0.25, -0.2) is 0 Å². The van der Waals surface area contributed by atoms with Gasteiger partial charge in [-0.3, -0.25) is 14.4 Å². The summed E-state index contributed by atoms with van der Waals surface area (Å²) in [5, 5.41) is 0. The van der Waals surface area contributed by atoms with E-state index in [2.05, 4.69) is 0 Å². The first-order valence-electron chi connectivity index (χ1n) is 14.6. The van der Waals surface area contributed by atoms with Crippen molar-refractivity contribution in [2.45, 2.75) is 116 Å². The van der Waals surface area contributed by atoms with Gasteiger partial charge in [0.2, 0.25) is 11.8 Å². The van der Waals surface area contributed by atoms with Crippen LogP contribution in [0.5, 0.6) is 0 Å². The number of carbonyl (C=O) groups is 3. The first-order valence-corrected chi connectivity index (χ1v) is 14.6. The molecule has 1 aromatic rings. The van der Waals surface area contributed by atoms with Gasteiger partial charge in [-0.15, -0.1) is 0 Å². The van der Waals surface area contributed by atoms with E-state index >= 15 is 0 Å². The minimum Gasteiger partial charge on any atom is -0.370 e. The van der Waals surface area contributed by atoms with Crippen molar-refractivity contribution in [3.05, 3.63) is 35.4 Å². The average Bonchev–Trinajstić information content (AvgIpc) is 2.95. The van der Waals surface area contributed by atoms with Gasteiger partial charge in [0.1, 0.15) is 0 Å². The minimum absolute atomic E-state index is 0.0651. The molecule has 210 valence electrons. The Morgan fingerprint density at radius 1 is 0.595 bits per heavy atom. The van der Waals surface area contributed by atoms with Gasteiger partial charge in [0, 0.05) is 30.6 Å². The number of carbonyl (C=O) groups excluding carboxylic acids is 3. The Labute approximate surface area is 224 Å². The highest BCUT2D eigenvalue weighted by atomic mass is 16.2. The van der Waals surface area contributed by atoms with E-state index in [1.54, 1.807) is 24.3 Å². The van der Waals surface area contributed by atoms with E-state index in [0.29, 0.717) is 17.5 Å². The number of nitrogens with zero attached hydrogens (tertiary/aromatic N) is 1. The summed E-state index contributed by atoms with van der Waals surface area (Å²) in [6.07, 6.45) is 21.3. The van der Waals surface area contributed by atoms with Gasteiger partial charge in [-0.2, -0.15) is 0 Å². The van der Waals surface area contributed by atoms with Crippen molar-refractivity contribution in [2.75, 3.05) is 19.6 Å². The van der Waals surface area contributed by atoms with Crippen LogP contribution in [0.15, 0.2) is 24.3 Å². The molecule has 7 nitrogen and oxygen atoms in total. The van der Waals surface area contributed by atoms with E-state index in [1.165, 1.54) is 83.5 Å². The molecule has 0 aliphatic carbocycles. The van der Waals surface area contributed by atoms with Crippen molar-refractivity contribution in [3.63, 3.8) is 0 Å². The number of hydrogen-bond donors (Lipinski definition) is 3. The number of benzene rings is 1. The second-order valence-electron chi connectivity index (χ2n) is 10.2. The van der Waals surface area contributed by atoms with Crippen LogP contribution in [0.3, 0.4) is 0 Å². The van der Waals surface area contributed by atoms with Gasteiger partial charge in [0.15, 0.2) is 0 Å². The number of rotatable bonds is 13. The van der Waals surface area contributed by atoms with Crippen LogP contribution in [0.25, 0.3) is 0 Å². The van der Waals surface area contributed by atoms with Crippen LogP contribution in [0.1, 0.15) is 136 Å². The maximum atomic E-state index is 12.6. The second-order valence-corrected chi connectivity index (χ2v) is 10.2. The molecule has 3 amide bonds. The quantitative estimate of drug-likeness (QED) is 0.290. The van der Waals surface area contributed by atoms with Crippen LogP contribution >= 0.6 is 0 Å². The number of nitrogens with two attached hydrogens (primary N) is 3. The van der Waals surface area contributed by atoms with Crippen molar-refractivity contribution >= 4 is 17.7 Å². The maximum absolute atomic E-state index is 12.6. The highest BCUT2D eigenvalue weighted by molar-refractivity contribution is 5.97. The third kappa shape index (κ3) is 16.9. The summed E-state index contributed by atoms with van der Waals surface area (Å²) in [6, 6.07) is 6.66. The SMILES string of the molecule is NC(=O)c1ccc(C(=O)N2CCCCCCCCCC2)cc1.NCCCCCCCCCCCC(N)=O. The third-order valence-electron chi connectivity index (χ3n) is 6.94. The molecule has 0 bridgehead atoms. The molecule has 37 heavy (non-hydrogen) atoms. The molecular weight excluding hydrogens is 464 g/mol. The molecule has 1 fully saturated rings. The van der Waals surface area contributed by atoms with E-state index in [9.17, 15) is 14.4 Å². The van der Waals surface area contributed by atoms with E-state index < -0.39 is 5.91 Å². The summed E-state index contributed by atoms with van der Waals surface area (Å²) in [7, 11) is 0. The zero-order valence-electron chi connectivity index (χ0n) is 23.1. The molecule has 6 N–H and O–H groups in total. The molecule has 0 radical (unpaired) electrons. The maximum Gasteiger partial charge on any atom is 0.253 e. The summed E-state index contributed by atoms with van der Waals surface area (Å²) >= 11 is 0. The molecule has 0 unspecified atom stereocenters. The second kappa shape index (κ2) is 21.7. The molecule has 2 rings (SSSR count). The van der Waals surface area contributed by atoms with Gasteiger partial charge in [0.25, 0.3) is 5.91 Å². The predicted octanol–water partition coefficient (Wildman–Crippen LogP) is 5.69. The molecule has 1 aromatic carbocycles. The standard InChI is InChI=1S/C18H26N2O2.C12H26N2O/c19-17(21)15-9-11-16(12-10-15)18(22)20-13-7-5-3-1-2-4-6-8-14-20;13-11-9-7-5-3-1-2-4-6-8-10-12(14)15/h9-12H,1-8,13-14H2,(H2,19,21);1-11,13H2,(H2,14,15). The Kier molecular flexibility index (Phi) is 19.1. The molecule has 1 aliphatic heterocycles. The molecule has 0 spiro atoms.